The van der Waals surface area contributed by atoms with Gasteiger partial charge in [0.2, 0.25) is 0 Å². The van der Waals surface area contributed by atoms with Crippen molar-refractivity contribution in [1.82, 2.24) is 4.98 Å². The molecular weight excluding hydrogens is 222 g/mol. The van der Waals surface area contributed by atoms with Gasteiger partial charge < -0.3 is 0 Å². The van der Waals surface area contributed by atoms with Crippen LogP contribution < -0.4 is 0 Å². The van der Waals surface area contributed by atoms with Crippen molar-refractivity contribution in [3.63, 3.8) is 0 Å². The SMILES string of the molecule is N#Cc1cc2cc(F)c(F)cc2nc1Cl. The van der Waals surface area contributed by atoms with Crippen LogP contribution in [-0.4, -0.2) is 4.98 Å². The van der Waals surface area contributed by atoms with Crippen LogP contribution in [0.2, 0.25) is 5.15 Å². The second-order valence-corrected chi connectivity index (χ2v) is 3.26. The predicted octanol–water partition coefficient (Wildman–Crippen LogP) is 3.04. The molecule has 5 heteroatoms. The van der Waals surface area contributed by atoms with E-state index in [-0.39, 0.29) is 16.2 Å². The summed E-state index contributed by atoms with van der Waals surface area (Å²) >= 11 is 5.65. The molecule has 0 atom stereocenters. The van der Waals surface area contributed by atoms with Gasteiger partial charge in [-0.1, -0.05) is 11.6 Å². The molecule has 1 aromatic carbocycles. The van der Waals surface area contributed by atoms with Crippen LogP contribution in [0.5, 0.6) is 0 Å². The van der Waals surface area contributed by atoms with Crippen LogP contribution in [0.3, 0.4) is 0 Å². The van der Waals surface area contributed by atoms with Crippen molar-refractivity contribution in [2.24, 2.45) is 0 Å². The Morgan fingerprint density at radius 1 is 1.20 bits per heavy atom. The molecule has 0 spiro atoms. The molecule has 1 heterocycles. The molecule has 0 unspecified atom stereocenters. The van der Waals surface area contributed by atoms with Gasteiger partial charge in [0.15, 0.2) is 11.6 Å². The Morgan fingerprint density at radius 2 is 1.87 bits per heavy atom. The Kier molecular flexibility index (Phi) is 2.25. The van der Waals surface area contributed by atoms with E-state index in [9.17, 15) is 8.78 Å². The fourth-order valence-electron chi connectivity index (χ4n) is 1.22. The number of benzene rings is 1. The van der Waals surface area contributed by atoms with Gasteiger partial charge in [-0.15, -0.1) is 0 Å². The van der Waals surface area contributed by atoms with Gasteiger partial charge in [0.25, 0.3) is 0 Å². The molecule has 74 valence electrons. The minimum atomic E-state index is -0.990. The summed E-state index contributed by atoms with van der Waals surface area (Å²) in [5.41, 5.74) is 0.355. The summed E-state index contributed by atoms with van der Waals surface area (Å²) in [6, 6.07) is 5.10. The molecule has 0 saturated heterocycles. The largest absolute Gasteiger partial charge is 0.235 e. The highest BCUT2D eigenvalue weighted by Crippen LogP contribution is 2.22. The lowest BCUT2D eigenvalue weighted by atomic mass is 10.1. The minimum absolute atomic E-state index is 0.0176. The number of fused-ring (bicyclic) bond motifs is 1. The van der Waals surface area contributed by atoms with Crippen LogP contribution in [0.1, 0.15) is 5.56 Å². The Labute approximate surface area is 88.7 Å². The predicted molar refractivity (Wildman–Crippen MR) is 51.4 cm³/mol. The van der Waals surface area contributed by atoms with Gasteiger partial charge in [-0.25, -0.2) is 13.8 Å². The Morgan fingerprint density at radius 3 is 2.53 bits per heavy atom. The molecule has 0 amide bonds. The molecule has 2 aromatic rings. The van der Waals surface area contributed by atoms with Gasteiger partial charge in [0.1, 0.15) is 11.2 Å². The van der Waals surface area contributed by atoms with E-state index in [1.807, 2.05) is 6.07 Å². The molecule has 0 aliphatic rings. The summed E-state index contributed by atoms with van der Waals surface area (Å²) in [6.07, 6.45) is 0. The fourth-order valence-corrected chi connectivity index (χ4v) is 1.41. The van der Waals surface area contributed by atoms with Crippen molar-refractivity contribution < 1.29 is 8.78 Å². The normalized spacial score (nSPS) is 10.3. The zero-order valence-electron chi connectivity index (χ0n) is 7.26. The number of halogens is 3. The van der Waals surface area contributed by atoms with Gasteiger partial charge in [-0.05, 0) is 12.1 Å². The average molecular weight is 225 g/mol. The van der Waals surface area contributed by atoms with Crippen LogP contribution >= 0.6 is 11.6 Å². The molecular formula is C10H3ClF2N2. The standard InChI is InChI=1S/C10H3ClF2N2/c11-10-6(4-14)1-5-2-7(12)8(13)3-9(5)15-10/h1-3H. The van der Waals surface area contributed by atoms with Gasteiger partial charge in [-0.3, -0.25) is 0 Å². The molecule has 0 N–H and O–H groups in total. The Bertz CT molecular complexity index is 590. The van der Waals surface area contributed by atoms with Crippen LogP contribution in [0, 0.1) is 23.0 Å². The van der Waals surface area contributed by atoms with Gasteiger partial charge in [0.05, 0.1) is 11.1 Å². The van der Waals surface area contributed by atoms with Crippen molar-refractivity contribution in [3.8, 4) is 6.07 Å². The minimum Gasteiger partial charge on any atom is -0.235 e. The second kappa shape index (κ2) is 3.44. The third kappa shape index (κ3) is 1.62. The van der Waals surface area contributed by atoms with E-state index >= 15 is 0 Å². The molecule has 0 radical (unpaired) electrons. The van der Waals surface area contributed by atoms with E-state index < -0.39 is 11.6 Å². The highest BCUT2D eigenvalue weighted by molar-refractivity contribution is 6.31. The maximum atomic E-state index is 12.9. The number of nitrogens with zero attached hydrogens (tertiary/aromatic N) is 2. The lowest BCUT2D eigenvalue weighted by molar-refractivity contribution is 0.510. The lowest BCUT2D eigenvalue weighted by Crippen LogP contribution is -1.89. The highest BCUT2D eigenvalue weighted by atomic mass is 35.5. The first-order chi connectivity index (χ1) is 7.11. The molecule has 0 bridgehead atoms. The van der Waals surface area contributed by atoms with E-state index in [4.69, 9.17) is 16.9 Å². The zero-order chi connectivity index (χ0) is 11.0. The third-order valence-corrected chi connectivity index (χ3v) is 2.22. The number of pyridine rings is 1. The third-order valence-electron chi connectivity index (χ3n) is 1.93. The highest BCUT2D eigenvalue weighted by Gasteiger charge is 2.08. The van der Waals surface area contributed by atoms with Crippen molar-refractivity contribution in [2.75, 3.05) is 0 Å². The van der Waals surface area contributed by atoms with Crippen LogP contribution in [0.4, 0.5) is 8.78 Å². The molecule has 0 aliphatic carbocycles. The number of aromatic nitrogens is 1. The molecule has 0 fully saturated rings. The first-order valence-corrected chi connectivity index (χ1v) is 4.35. The van der Waals surface area contributed by atoms with Gasteiger partial charge >= 0.3 is 0 Å². The molecule has 2 nitrogen and oxygen atoms in total. The molecule has 2 rings (SSSR count). The first kappa shape index (κ1) is 9.81. The summed E-state index contributed by atoms with van der Waals surface area (Å²) in [5.74, 6) is -1.97. The van der Waals surface area contributed by atoms with Gasteiger partial charge in [-0.2, -0.15) is 5.26 Å². The number of hydrogen-bond acceptors (Lipinski definition) is 2. The Balaban J connectivity index is 2.84. The topological polar surface area (TPSA) is 36.7 Å². The number of rotatable bonds is 0. The summed E-state index contributed by atoms with van der Waals surface area (Å²) in [4.78, 5) is 3.78. The van der Waals surface area contributed by atoms with Crippen molar-refractivity contribution in [2.45, 2.75) is 0 Å². The maximum Gasteiger partial charge on any atom is 0.161 e. The van der Waals surface area contributed by atoms with Crippen molar-refractivity contribution >= 4 is 22.5 Å². The number of nitriles is 1. The van der Waals surface area contributed by atoms with Crippen LogP contribution in [0.25, 0.3) is 10.9 Å². The van der Waals surface area contributed by atoms with E-state index in [0.717, 1.165) is 12.1 Å². The molecule has 1 aromatic heterocycles. The van der Waals surface area contributed by atoms with Crippen molar-refractivity contribution in [1.29, 1.82) is 5.26 Å². The molecule has 15 heavy (non-hydrogen) atoms. The maximum absolute atomic E-state index is 12.9. The molecule has 0 saturated carbocycles. The monoisotopic (exact) mass is 224 g/mol. The smallest absolute Gasteiger partial charge is 0.161 e. The summed E-state index contributed by atoms with van der Waals surface area (Å²) in [7, 11) is 0. The fraction of sp³-hybridized carbons (Fsp3) is 0. The Hall–Kier alpha value is -1.73. The van der Waals surface area contributed by atoms with E-state index in [1.54, 1.807) is 0 Å². The quantitative estimate of drug-likeness (QED) is 0.645. The summed E-state index contributed by atoms with van der Waals surface area (Å²) in [6.45, 7) is 0. The van der Waals surface area contributed by atoms with Crippen LogP contribution in [0.15, 0.2) is 18.2 Å². The van der Waals surface area contributed by atoms with Crippen LogP contribution in [-0.2, 0) is 0 Å². The van der Waals surface area contributed by atoms with E-state index in [2.05, 4.69) is 4.98 Å². The summed E-state index contributed by atoms with van der Waals surface area (Å²) in [5, 5.41) is 8.98. The van der Waals surface area contributed by atoms with Crippen molar-refractivity contribution in [3.05, 3.63) is 40.6 Å². The second-order valence-electron chi connectivity index (χ2n) is 2.90. The zero-order valence-corrected chi connectivity index (χ0v) is 8.02. The summed E-state index contributed by atoms with van der Waals surface area (Å²) < 4.78 is 25.7. The van der Waals surface area contributed by atoms with E-state index in [0.29, 0.717) is 5.39 Å². The first-order valence-electron chi connectivity index (χ1n) is 3.97. The van der Waals surface area contributed by atoms with E-state index in [1.165, 1.54) is 6.07 Å². The molecule has 0 aliphatic heterocycles. The lowest BCUT2D eigenvalue weighted by Gasteiger charge is -2.00. The number of hydrogen-bond donors (Lipinski definition) is 0. The van der Waals surface area contributed by atoms with Gasteiger partial charge in [0, 0.05) is 11.5 Å². The average Bonchev–Trinajstić information content (AvgIpc) is 2.20.